The van der Waals surface area contributed by atoms with Gasteiger partial charge in [0.2, 0.25) is 0 Å². The Kier molecular flexibility index (Phi) is 5.68. The second-order valence-electron chi connectivity index (χ2n) is 7.22. The van der Waals surface area contributed by atoms with Gasteiger partial charge >= 0.3 is 0 Å². The number of hydrogen-bond acceptors (Lipinski definition) is 6. The molecule has 1 N–H and O–H groups in total. The fourth-order valence-electron chi connectivity index (χ4n) is 3.41. The summed E-state index contributed by atoms with van der Waals surface area (Å²) in [5.41, 5.74) is 2.20. The topological polar surface area (TPSA) is 74.5 Å². The van der Waals surface area contributed by atoms with Crippen molar-refractivity contribution in [2.24, 2.45) is 0 Å². The van der Waals surface area contributed by atoms with E-state index in [0.29, 0.717) is 5.52 Å². The number of para-hydroxylation sites is 1. The molecule has 0 spiro atoms. The second kappa shape index (κ2) is 7.97. The Labute approximate surface area is 154 Å². The van der Waals surface area contributed by atoms with Gasteiger partial charge in [0.05, 0.1) is 4.92 Å². The van der Waals surface area contributed by atoms with E-state index in [-0.39, 0.29) is 16.7 Å². The van der Waals surface area contributed by atoms with Crippen LogP contribution in [0.4, 0.5) is 11.4 Å². The largest absolute Gasteiger partial charge is 0.382 e. The number of anilines is 1. The van der Waals surface area contributed by atoms with Crippen LogP contribution in [0.5, 0.6) is 0 Å². The number of pyridine rings is 1. The van der Waals surface area contributed by atoms with Gasteiger partial charge in [-0.25, -0.2) is 4.98 Å². The number of fused-ring (bicyclic) bond motifs is 1. The molecular weight excluding hydrogens is 330 g/mol. The van der Waals surface area contributed by atoms with Crippen LogP contribution in [0.1, 0.15) is 19.0 Å². The predicted octanol–water partition coefficient (Wildman–Crippen LogP) is 2.89. The Bertz CT molecular complexity index is 787. The number of aromatic nitrogens is 1. The fraction of sp³-hybridized carbons (Fsp3) is 0.526. The highest BCUT2D eigenvalue weighted by Crippen LogP contribution is 2.30. The number of benzene rings is 1. The van der Waals surface area contributed by atoms with E-state index in [4.69, 9.17) is 0 Å². The number of nitro benzene ring substituents is 1. The first-order chi connectivity index (χ1) is 12.4. The van der Waals surface area contributed by atoms with Crippen molar-refractivity contribution >= 4 is 22.3 Å². The lowest BCUT2D eigenvalue weighted by Crippen LogP contribution is -2.45. The molecule has 26 heavy (non-hydrogen) atoms. The van der Waals surface area contributed by atoms with Crippen LogP contribution in [0.25, 0.3) is 10.9 Å². The van der Waals surface area contributed by atoms with Crippen molar-refractivity contribution < 1.29 is 4.92 Å². The molecule has 7 nitrogen and oxygen atoms in total. The Balaban J connectivity index is 1.71. The van der Waals surface area contributed by atoms with E-state index in [9.17, 15) is 10.1 Å². The zero-order valence-corrected chi connectivity index (χ0v) is 15.7. The molecule has 1 aromatic carbocycles. The summed E-state index contributed by atoms with van der Waals surface area (Å²) in [5.74, 6) is 0. The molecule has 0 amide bonds. The third kappa shape index (κ3) is 4.28. The molecule has 1 fully saturated rings. The summed E-state index contributed by atoms with van der Waals surface area (Å²) < 4.78 is 0. The zero-order valence-electron chi connectivity index (χ0n) is 15.7. The minimum Gasteiger partial charge on any atom is -0.382 e. The van der Waals surface area contributed by atoms with E-state index in [2.05, 4.69) is 34.1 Å². The number of nitro groups is 1. The first kappa shape index (κ1) is 18.5. The monoisotopic (exact) mass is 357 g/mol. The summed E-state index contributed by atoms with van der Waals surface area (Å²) >= 11 is 0. The van der Waals surface area contributed by atoms with Gasteiger partial charge in [0.15, 0.2) is 5.52 Å². The minimum atomic E-state index is -0.366. The molecule has 0 bridgehead atoms. The lowest BCUT2D eigenvalue weighted by atomic mass is 10.1. The van der Waals surface area contributed by atoms with Crippen LogP contribution >= 0.6 is 0 Å². The first-order valence-corrected chi connectivity index (χ1v) is 9.16. The van der Waals surface area contributed by atoms with E-state index in [1.165, 1.54) is 6.07 Å². The molecule has 1 aliphatic rings. The second-order valence-corrected chi connectivity index (χ2v) is 7.22. The normalized spacial score (nSPS) is 17.3. The van der Waals surface area contributed by atoms with Gasteiger partial charge in [-0.15, -0.1) is 0 Å². The molecular formula is C19H27N5O2. The highest BCUT2D eigenvalue weighted by molar-refractivity contribution is 5.96. The van der Waals surface area contributed by atoms with Crippen molar-refractivity contribution in [1.82, 2.24) is 14.8 Å². The van der Waals surface area contributed by atoms with Crippen LogP contribution in [0.3, 0.4) is 0 Å². The molecule has 0 radical (unpaired) electrons. The Morgan fingerprint density at radius 3 is 2.73 bits per heavy atom. The maximum absolute atomic E-state index is 11.3. The van der Waals surface area contributed by atoms with E-state index < -0.39 is 0 Å². The Morgan fingerprint density at radius 1 is 1.31 bits per heavy atom. The number of nitrogens with zero attached hydrogens (tertiary/aromatic N) is 4. The van der Waals surface area contributed by atoms with Crippen LogP contribution in [-0.2, 0) is 0 Å². The predicted molar refractivity (Wildman–Crippen MR) is 105 cm³/mol. The quantitative estimate of drug-likeness (QED) is 0.633. The SMILES string of the molecule is Cc1cc(NC(C)CCN2CCN(C)CC2)c2cccc([N+](=O)[O-])c2n1. The molecule has 2 heterocycles. The lowest BCUT2D eigenvalue weighted by Gasteiger charge is -2.33. The van der Waals surface area contributed by atoms with Crippen LogP contribution < -0.4 is 5.32 Å². The van der Waals surface area contributed by atoms with E-state index in [0.717, 1.165) is 55.9 Å². The van der Waals surface area contributed by atoms with E-state index >= 15 is 0 Å². The molecule has 7 heteroatoms. The van der Waals surface area contributed by atoms with Gasteiger partial charge in [-0.2, -0.15) is 0 Å². The number of aryl methyl sites for hydroxylation is 1. The molecule has 2 aromatic rings. The molecule has 1 aromatic heterocycles. The highest BCUT2D eigenvalue weighted by Gasteiger charge is 2.18. The number of nitrogens with one attached hydrogen (secondary N) is 1. The maximum atomic E-state index is 11.3. The summed E-state index contributed by atoms with van der Waals surface area (Å²) in [6, 6.07) is 7.37. The highest BCUT2D eigenvalue weighted by atomic mass is 16.6. The number of piperazine rings is 1. The van der Waals surface area contributed by atoms with E-state index in [1.807, 2.05) is 19.1 Å². The molecule has 140 valence electrons. The van der Waals surface area contributed by atoms with Crippen molar-refractivity contribution in [2.45, 2.75) is 26.3 Å². The third-order valence-electron chi connectivity index (χ3n) is 5.02. The van der Waals surface area contributed by atoms with Crippen LogP contribution in [-0.4, -0.2) is 65.5 Å². The first-order valence-electron chi connectivity index (χ1n) is 9.16. The summed E-state index contributed by atoms with van der Waals surface area (Å²) in [6.07, 6.45) is 1.03. The molecule has 1 unspecified atom stereocenters. The van der Waals surface area contributed by atoms with Crippen molar-refractivity contribution in [2.75, 3.05) is 45.1 Å². The smallest absolute Gasteiger partial charge is 0.295 e. The van der Waals surface area contributed by atoms with Gasteiger partial charge < -0.3 is 15.1 Å². The number of non-ortho nitro benzene ring substituents is 1. The number of hydrogen-bond donors (Lipinski definition) is 1. The standard InChI is InChI=1S/C19H27N5O2/c1-14(7-8-23-11-9-22(3)10-12-23)20-17-13-15(2)21-19-16(17)5-4-6-18(19)24(25)26/h4-6,13-14H,7-12H2,1-3H3,(H,20,21). The van der Waals surface area contributed by atoms with E-state index in [1.54, 1.807) is 6.07 Å². The van der Waals surface area contributed by atoms with Gasteiger partial charge in [0.1, 0.15) is 0 Å². The average Bonchev–Trinajstić information content (AvgIpc) is 2.60. The van der Waals surface area contributed by atoms with Crippen molar-refractivity contribution in [3.8, 4) is 0 Å². The summed E-state index contributed by atoms with van der Waals surface area (Å²) in [4.78, 5) is 20.2. The third-order valence-corrected chi connectivity index (χ3v) is 5.02. The summed E-state index contributed by atoms with van der Waals surface area (Å²) in [7, 11) is 2.16. The minimum absolute atomic E-state index is 0.0549. The molecule has 0 saturated carbocycles. The van der Waals surface area contributed by atoms with Gasteiger partial charge in [-0.05, 0) is 33.4 Å². The lowest BCUT2D eigenvalue weighted by molar-refractivity contribution is -0.383. The number of rotatable bonds is 6. The van der Waals surface area contributed by atoms with Gasteiger partial charge in [-0.3, -0.25) is 10.1 Å². The van der Waals surface area contributed by atoms with Crippen molar-refractivity contribution in [3.63, 3.8) is 0 Å². The van der Waals surface area contributed by atoms with Gasteiger partial charge in [0.25, 0.3) is 5.69 Å². The van der Waals surface area contributed by atoms with Gasteiger partial charge in [-0.1, -0.05) is 12.1 Å². The van der Waals surface area contributed by atoms with Gasteiger partial charge in [0, 0.05) is 61.6 Å². The molecule has 1 saturated heterocycles. The summed E-state index contributed by atoms with van der Waals surface area (Å²) in [6.45, 7) is 9.58. The Morgan fingerprint density at radius 2 is 2.04 bits per heavy atom. The van der Waals surface area contributed by atoms with Crippen molar-refractivity contribution in [1.29, 1.82) is 0 Å². The zero-order chi connectivity index (χ0) is 18.7. The molecule has 0 aliphatic carbocycles. The number of likely N-dealkylation sites (N-methyl/N-ethyl adjacent to an activating group) is 1. The Hall–Kier alpha value is -2.25. The van der Waals surface area contributed by atoms with Crippen LogP contribution in [0, 0.1) is 17.0 Å². The molecule has 1 atom stereocenters. The fourth-order valence-corrected chi connectivity index (χ4v) is 3.41. The van der Waals surface area contributed by atoms with Crippen LogP contribution in [0.2, 0.25) is 0 Å². The van der Waals surface area contributed by atoms with Crippen LogP contribution in [0.15, 0.2) is 24.3 Å². The molecule has 1 aliphatic heterocycles. The maximum Gasteiger partial charge on any atom is 0.295 e. The summed E-state index contributed by atoms with van der Waals surface area (Å²) in [5, 5.41) is 15.6. The van der Waals surface area contributed by atoms with Crippen molar-refractivity contribution in [3.05, 3.63) is 40.1 Å². The molecule has 3 rings (SSSR count). The average molecular weight is 357 g/mol.